The first-order valence-electron chi connectivity index (χ1n) is 5.87. The maximum atomic E-state index is 11.1. The van der Waals surface area contributed by atoms with Gasteiger partial charge in [-0.2, -0.15) is 0 Å². The Hall–Kier alpha value is -1.52. The normalized spacial score (nSPS) is 9.47. The number of esters is 1. The van der Waals surface area contributed by atoms with Crippen molar-refractivity contribution in [2.24, 2.45) is 0 Å². The summed E-state index contributed by atoms with van der Waals surface area (Å²) in [7, 11) is 0. The van der Waals surface area contributed by atoms with Gasteiger partial charge in [0.1, 0.15) is 13.2 Å². The Morgan fingerprint density at radius 2 is 2.00 bits per heavy atom. The van der Waals surface area contributed by atoms with Crippen LogP contribution in [0.25, 0.3) is 0 Å². The first-order valence-corrected chi connectivity index (χ1v) is 5.87. The molecule has 0 aromatic carbocycles. The van der Waals surface area contributed by atoms with Crippen LogP contribution in [0, 0.1) is 0 Å². The third-order valence-electron chi connectivity index (χ3n) is 1.97. The number of alkyl carbamates (subject to hydrolysis) is 1. The molecule has 0 bridgehead atoms. The molecule has 0 rings (SSSR count). The van der Waals surface area contributed by atoms with Crippen molar-refractivity contribution in [1.29, 1.82) is 0 Å². The van der Waals surface area contributed by atoms with Gasteiger partial charge >= 0.3 is 12.1 Å². The summed E-state index contributed by atoms with van der Waals surface area (Å²) in [6.07, 6.45) is 5.01. The zero-order valence-electron chi connectivity index (χ0n) is 10.4. The summed E-state index contributed by atoms with van der Waals surface area (Å²) in [4.78, 5) is 22.1. The van der Waals surface area contributed by atoms with E-state index in [2.05, 4.69) is 23.6 Å². The number of carbonyl (C=O) groups is 2. The van der Waals surface area contributed by atoms with E-state index >= 15 is 0 Å². The van der Waals surface area contributed by atoms with Crippen LogP contribution in [0.1, 0.15) is 32.6 Å². The molecule has 5 heteroatoms. The lowest BCUT2D eigenvalue weighted by Crippen LogP contribution is -2.31. The van der Waals surface area contributed by atoms with Gasteiger partial charge < -0.3 is 14.8 Å². The second-order valence-electron chi connectivity index (χ2n) is 3.52. The van der Waals surface area contributed by atoms with Crippen LogP contribution in [0.2, 0.25) is 0 Å². The van der Waals surface area contributed by atoms with E-state index in [0.29, 0.717) is 6.61 Å². The lowest BCUT2D eigenvalue weighted by Gasteiger charge is -2.06. The van der Waals surface area contributed by atoms with Crippen LogP contribution in [0.4, 0.5) is 4.79 Å². The molecule has 0 heterocycles. The van der Waals surface area contributed by atoms with E-state index in [0.717, 1.165) is 25.7 Å². The van der Waals surface area contributed by atoms with Crippen molar-refractivity contribution in [1.82, 2.24) is 5.32 Å². The smallest absolute Gasteiger partial charge is 0.407 e. The molecule has 0 radical (unpaired) electrons. The monoisotopic (exact) mass is 243 g/mol. The summed E-state index contributed by atoms with van der Waals surface area (Å²) in [5.74, 6) is -0.447. The first-order chi connectivity index (χ1) is 8.20. The molecule has 0 unspecified atom stereocenters. The van der Waals surface area contributed by atoms with E-state index < -0.39 is 12.1 Å². The lowest BCUT2D eigenvalue weighted by atomic mass is 10.2. The van der Waals surface area contributed by atoms with Crippen molar-refractivity contribution in [3.05, 3.63) is 12.7 Å². The molecule has 0 aliphatic rings. The SMILES string of the molecule is C=CCOC(=O)NCC(=O)OCCCCCC. The van der Waals surface area contributed by atoms with E-state index in [1.807, 2.05) is 0 Å². The molecule has 0 aliphatic carbocycles. The van der Waals surface area contributed by atoms with Crippen molar-refractivity contribution >= 4 is 12.1 Å². The number of unbranched alkanes of at least 4 members (excludes halogenated alkanes) is 3. The Morgan fingerprint density at radius 1 is 1.24 bits per heavy atom. The number of rotatable bonds is 9. The molecule has 0 aromatic heterocycles. The predicted molar refractivity (Wildman–Crippen MR) is 64.6 cm³/mol. The van der Waals surface area contributed by atoms with E-state index in [1.165, 1.54) is 6.08 Å². The molecular weight excluding hydrogens is 222 g/mol. The number of amides is 1. The fourth-order valence-electron chi connectivity index (χ4n) is 1.10. The summed E-state index contributed by atoms with van der Waals surface area (Å²) in [6.45, 7) is 5.88. The van der Waals surface area contributed by atoms with Gasteiger partial charge in [0.15, 0.2) is 0 Å². The van der Waals surface area contributed by atoms with Gasteiger partial charge in [-0.05, 0) is 6.42 Å². The summed E-state index contributed by atoms with van der Waals surface area (Å²) >= 11 is 0. The number of nitrogens with one attached hydrogen (secondary N) is 1. The van der Waals surface area contributed by atoms with Gasteiger partial charge in [-0.3, -0.25) is 4.79 Å². The number of ether oxygens (including phenoxy) is 2. The second kappa shape index (κ2) is 11.0. The van der Waals surface area contributed by atoms with Crippen LogP contribution in [0.3, 0.4) is 0 Å². The largest absolute Gasteiger partial charge is 0.464 e. The highest BCUT2D eigenvalue weighted by atomic mass is 16.6. The highest BCUT2D eigenvalue weighted by Crippen LogP contribution is 1.98. The van der Waals surface area contributed by atoms with E-state index in [1.54, 1.807) is 0 Å². The van der Waals surface area contributed by atoms with E-state index in [4.69, 9.17) is 4.74 Å². The van der Waals surface area contributed by atoms with Crippen LogP contribution in [-0.4, -0.2) is 31.8 Å². The van der Waals surface area contributed by atoms with Crippen molar-refractivity contribution in [3.63, 3.8) is 0 Å². The molecule has 0 saturated carbocycles. The minimum Gasteiger partial charge on any atom is -0.464 e. The predicted octanol–water partition coefficient (Wildman–Crippen LogP) is 2.02. The fraction of sp³-hybridized carbons (Fsp3) is 0.667. The molecule has 0 aromatic rings. The van der Waals surface area contributed by atoms with Gasteiger partial charge in [0, 0.05) is 0 Å². The molecule has 1 amide bonds. The fourth-order valence-corrected chi connectivity index (χ4v) is 1.10. The molecule has 98 valence electrons. The minimum atomic E-state index is -0.646. The Bertz CT molecular complexity index is 241. The average Bonchev–Trinajstić information content (AvgIpc) is 2.33. The molecule has 17 heavy (non-hydrogen) atoms. The van der Waals surface area contributed by atoms with Crippen LogP contribution in [0.15, 0.2) is 12.7 Å². The second-order valence-corrected chi connectivity index (χ2v) is 3.52. The lowest BCUT2D eigenvalue weighted by molar-refractivity contribution is -0.142. The highest BCUT2D eigenvalue weighted by Gasteiger charge is 2.06. The summed E-state index contributed by atoms with van der Waals surface area (Å²) in [6, 6.07) is 0. The van der Waals surface area contributed by atoms with Gasteiger partial charge in [0.2, 0.25) is 0 Å². The quantitative estimate of drug-likeness (QED) is 0.382. The molecule has 5 nitrogen and oxygen atoms in total. The summed E-state index contributed by atoms with van der Waals surface area (Å²) in [5.41, 5.74) is 0. The standard InChI is InChI=1S/C12H21NO4/c1-3-5-6-7-9-16-11(14)10-13-12(15)17-8-4-2/h4H,2-3,5-10H2,1H3,(H,13,15). The summed E-state index contributed by atoms with van der Waals surface area (Å²) in [5, 5.41) is 2.29. The molecule has 0 aliphatic heterocycles. The molecule has 0 atom stereocenters. The van der Waals surface area contributed by atoms with Crippen molar-refractivity contribution in [2.75, 3.05) is 19.8 Å². The van der Waals surface area contributed by atoms with Gasteiger partial charge in [-0.15, -0.1) is 0 Å². The van der Waals surface area contributed by atoms with E-state index in [-0.39, 0.29) is 13.2 Å². The highest BCUT2D eigenvalue weighted by molar-refractivity contribution is 5.77. The molecular formula is C12H21NO4. The molecule has 0 spiro atoms. The summed E-state index contributed by atoms with van der Waals surface area (Å²) < 4.78 is 9.54. The average molecular weight is 243 g/mol. The topological polar surface area (TPSA) is 64.6 Å². The Kier molecular flexibility index (Phi) is 10.00. The third kappa shape index (κ3) is 10.8. The van der Waals surface area contributed by atoms with Gasteiger partial charge in [0.05, 0.1) is 6.61 Å². The first kappa shape index (κ1) is 15.5. The van der Waals surface area contributed by atoms with Crippen LogP contribution < -0.4 is 5.32 Å². The third-order valence-corrected chi connectivity index (χ3v) is 1.97. The molecule has 0 fully saturated rings. The molecule has 1 N–H and O–H groups in total. The Balaban J connectivity index is 3.39. The van der Waals surface area contributed by atoms with Gasteiger partial charge in [0.25, 0.3) is 0 Å². The van der Waals surface area contributed by atoms with Crippen molar-refractivity contribution in [3.8, 4) is 0 Å². The minimum absolute atomic E-state index is 0.123. The Labute approximate surface area is 102 Å². The zero-order chi connectivity index (χ0) is 12.9. The van der Waals surface area contributed by atoms with Gasteiger partial charge in [-0.25, -0.2) is 4.79 Å². The van der Waals surface area contributed by atoms with E-state index in [9.17, 15) is 9.59 Å². The number of hydrogen-bond donors (Lipinski definition) is 1. The van der Waals surface area contributed by atoms with Crippen LogP contribution in [-0.2, 0) is 14.3 Å². The molecule has 0 saturated heterocycles. The van der Waals surface area contributed by atoms with Crippen LogP contribution >= 0.6 is 0 Å². The van der Waals surface area contributed by atoms with Crippen molar-refractivity contribution in [2.45, 2.75) is 32.6 Å². The maximum absolute atomic E-state index is 11.1. The number of hydrogen-bond acceptors (Lipinski definition) is 4. The van der Waals surface area contributed by atoms with Crippen LogP contribution in [0.5, 0.6) is 0 Å². The Morgan fingerprint density at radius 3 is 2.65 bits per heavy atom. The number of carbonyl (C=O) groups excluding carboxylic acids is 2. The zero-order valence-corrected chi connectivity index (χ0v) is 10.4. The maximum Gasteiger partial charge on any atom is 0.407 e. The van der Waals surface area contributed by atoms with Gasteiger partial charge in [-0.1, -0.05) is 38.8 Å². The van der Waals surface area contributed by atoms with Crippen molar-refractivity contribution < 1.29 is 19.1 Å².